The normalized spacial score (nSPS) is 17.9. The molecule has 2 N–H and O–H groups in total. The summed E-state index contributed by atoms with van der Waals surface area (Å²) in [6.07, 6.45) is 3.22. The molecule has 1 aromatic carbocycles. The summed E-state index contributed by atoms with van der Waals surface area (Å²) in [5, 5.41) is 16.9. The fraction of sp³-hybridized carbons (Fsp3) is 0.500. The van der Waals surface area contributed by atoms with Gasteiger partial charge < -0.3 is 10.6 Å². The number of carbonyl (C=O) groups excluding carboxylic acids is 1. The largest absolute Gasteiger partial charge is 0.352 e. The summed E-state index contributed by atoms with van der Waals surface area (Å²) in [7, 11) is 0. The third-order valence-electron chi connectivity index (χ3n) is 3.62. The quantitative estimate of drug-likeness (QED) is 0.634. The Morgan fingerprint density at radius 2 is 2.35 bits per heavy atom. The summed E-state index contributed by atoms with van der Waals surface area (Å²) in [5.41, 5.74) is 1.06. The van der Waals surface area contributed by atoms with Gasteiger partial charge in [-0.1, -0.05) is 6.07 Å². The zero-order valence-corrected chi connectivity index (χ0v) is 11.5. The van der Waals surface area contributed by atoms with Crippen LogP contribution in [0.2, 0.25) is 0 Å². The van der Waals surface area contributed by atoms with Crippen molar-refractivity contribution in [2.24, 2.45) is 0 Å². The number of nitrogens with one attached hydrogen (secondary N) is 2. The van der Waals surface area contributed by atoms with Crippen LogP contribution in [0.15, 0.2) is 18.2 Å². The molecule has 0 bridgehead atoms. The average molecular weight is 277 g/mol. The monoisotopic (exact) mass is 277 g/mol. The highest BCUT2D eigenvalue weighted by molar-refractivity contribution is 5.96. The number of amides is 1. The Morgan fingerprint density at radius 3 is 3.00 bits per heavy atom. The van der Waals surface area contributed by atoms with Gasteiger partial charge in [-0.15, -0.1) is 0 Å². The number of nitro groups is 1. The molecule has 1 saturated heterocycles. The van der Waals surface area contributed by atoms with Gasteiger partial charge in [0.2, 0.25) is 0 Å². The van der Waals surface area contributed by atoms with Gasteiger partial charge >= 0.3 is 0 Å². The van der Waals surface area contributed by atoms with Crippen LogP contribution in [0.1, 0.15) is 35.2 Å². The van der Waals surface area contributed by atoms with Gasteiger partial charge in [-0.3, -0.25) is 14.9 Å². The number of non-ortho nitro benzene ring substituents is 1. The first-order valence-electron chi connectivity index (χ1n) is 6.84. The van der Waals surface area contributed by atoms with Gasteiger partial charge in [-0.05, 0) is 38.3 Å². The SMILES string of the molecule is Cc1ccc([N+](=O)[O-])cc1C(=O)NCC[C@H]1CCCN1. The van der Waals surface area contributed by atoms with Crippen molar-refractivity contribution in [3.63, 3.8) is 0 Å². The first-order chi connectivity index (χ1) is 9.58. The Labute approximate surface area is 117 Å². The minimum Gasteiger partial charge on any atom is -0.352 e. The van der Waals surface area contributed by atoms with E-state index in [2.05, 4.69) is 10.6 Å². The average Bonchev–Trinajstić information content (AvgIpc) is 2.92. The Balaban J connectivity index is 1.94. The first-order valence-corrected chi connectivity index (χ1v) is 6.84. The van der Waals surface area contributed by atoms with Crippen molar-refractivity contribution in [2.45, 2.75) is 32.2 Å². The summed E-state index contributed by atoms with van der Waals surface area (Å²) in [6.45, 7) is 3.40. The minimum atomic E-state index is -0.487. The van der Waals surface area contributed by atoms with Crippen LogP contribution in [-0.2, 0) is 0 Å². The van der Waals surface area contributed by atoms with E-state index in [0.29, 0.717) is 18.2 Å². The van der Waals surface area contributed by atoms with E-state index in [9.17, 15) is 14.9 Å². The lowest BCUT2D eigenvalue weighted by atomic mass is 10.1. The number of aryl methyl sites for hydroxylation is 1. The third-order valence-corrected chi connectivity index (χ3v) is 3.62. The van der Waals surface area contributed by atoms with Crippen LogP contribution in [-0.4, -0.2) is 30.0 Å². The molecule has 1 fully saturated rings. The Bertz CT molecular complexity index is 510. The number of hydrogen-bond donors (Lipinski definition) is 2. The number of hydrogen-bond acceptors (Lipinski definition) is 4. The molecule has 0 aliphatic carbocycles. The van der Waals surface area contributed by atoms with Crippen molar-refractivity contribution < 1.29 is 9.72 Å². The maximum Gasteiger partial charge on any atom is 0.270 e. The maximum atomic E-state index is 12.1. The van der Waals surface area contributed by atoms with E-state index in [1.807, 2.05) is 0 Å². The summed E-state index contributed by atoms with van der Waals surface area (Å²) in [4.78, 5) is 22.3. The van der Waals surface area contributed by atoms with Crippen LogP contribution in [0.4, 0.5) is 5.69 Å². The van der Waals surface area contributed by atoms with Gasteiger partial charge in [-0.2, -0.15) is 0 Å². The van der Waals surface area contributed by atoms with Crippen molar-refractivity contribution in [2.75, 3.05) is 13.1 Å². The van der Waals surface area contributed by atoms with Gasteiger partial charge in [0, 0.05) is 30.3 Å². The molecule has 0 spiro atoms. The van der Waals surface area contributed by atoms with Crippen LogP contribution < -0.4 is 10.6 Å². The number of nitrogens with zero attached hydrogens (tertiary/aromatic N) is 1. The van der Waals surface area contributed by atoms with E-state index in [-0.39, 0.29) is 11.6 Å². The van der Waals surface area contributed by atoms with Crippen LogP contribution in [0.3, 0.4) is 0 Å². The number of carbonyl (C=O) groups is 1. The van der Waals surface area contributed by atoms with Gasteiger partial charge in [0.1, 0.15) is 0 Å². The maximum absolute atomic E-state index is 12.1. The smallest absolute Gasteiger partial charge is 0.270 e. The van der Waals surface area contributed by atoms with Crippen molar-refractivity contribution >= 4 is 11.6 Å². The van der Waals surface area contributed by atoms with Crippen LogP contribution in [0.25, 0.3) is 0 Å². The van der Waals surface area contributed by atoms with Crippen molar-refractivity contribution in [1.29, 1.82) is 0 Å². The van der Waals surface area contributed by atoms with E-state index in [0.717, 1.165) is 24.9 Å². The molecule has 6 heteroatoms. The topological polar surface area (TPSA) is 84.3 Å². The van der Waals surface area contributed by atoms with E-state index >= 15 is 0 Å². The molecular formula is C14H19N3O3. The van der Waals surface area contributed by atoms with Crippen molar-refractivity contribution in [1.82, 2.24) is 10.6 Å². The molecule has 1 aliphatic heterocycles. The second-order valence-corrected chi connectivity index (χ2v) is 5.09. The van der Waals surface area contributed by atoms with Gasteiger partial charge in [0.25, 0.3) is 11.6 Å². The molecule has 1 amide bonds. The molecule has 0 aromatic heterocycles. The van der Waals surface area contributed by atoms with Crippen LogP contribution in [0.5, 0.6) is 0 Å². The van der Waals surface area contributed by atoms with E-state index in [1.54, 1.807) is 13.0 Å². The molecule has 1 aromatic rings. The molecule has 1 atom stereocenters. The standard InChI is InChI=1S/C14H19N3O3/c1-10-4-5-12(17(19)20)9-13(10)14(18)16-8-6-11-3-2-7-15-11/h4-5,9,11,15H,2-3,6-8H2,1H3,(H,16,18)/t11-/m1/s1. The highest BCUT2D eigenvalue weighted by Crippen LogP contribution is 2.17. The Morgan fingerprint density at radius 1 is 1.55 bits per heavy atom. The fourth-order valence-corrected chi connectivity index (χ4v) is 2.43. The summed E-state index contributed by atoms with van der Waals surface area (Å²) in [5.74, 6) is -0.246. The number of nitro benzene ring substituents is 1. The van der Waals surface area contributed by atoms with E-state index < -0.39 is 4.92 Å². The predicted octanol–water partition coefficient (Wildman–Crippen LogP) is 1.78. The highest BCUT2D eigenvalue weighted by atomic mass is 16.6. The number of rotatable bonds is 5. The lowest BCUT2D eigenvalue weighted by Gasteiger charge is -2.11. The van der Waals surface area contributed by atoms with Gasteiger partial charge in [0.05, 0.1) is 4.92 Å². The molecule has 108 valence electrons. The molecule has 1 aliphatic rings. The molecule has 1 heterocycles. The molecule has 0 unspecified atom stereocenters. The Hall–Kier alpha value is -1.95. The fourth-order valence-electron chi connectivity index (χ4n) is 2.43. The van der Waals surface area contributed by atoms with Crippen LogP contribution >= 0.6 is 0 Å². The van der Waals surface area contributed by atoms with Crippen molar-refractivity contribution in [3.8, 4) is 0 Å². The second kappa shape index (κ2) is 6.47. The minimum absolute atomic E-state index is 0.0572. The van der Waals surface area contributed by atoms with E-state index in [4.69, 9.17) is 0 Å². The molecule has 0 saturated carbocycles. The van der Waals surface area contributed by atoms with Gasteiger partial charge in [-0.25, -0.2) is 0 Å². The van der Waals surface area contributed by atoms with Crippen molar-refractivity contribution in [3.05, 3.63) is 39.4 Å². The second-order valence-electron chi connectivity index (χ2n) is 5.09. The van der Waals surface area contributed by atoms with E-state index in [1.165, 1.54) is 18.6 Å². The Kier molecular flexibility index (Phi) is 4.68. The summed E-state index contributed by atoms with van der Waals surface area (Å²) in [6, 6.07) is 4.82. The lowest BCUT2D eigenvalue weighted by molar-refractivity contribution is -0.384. The highest BCUT2D eigenvalue weighted by Gasteiger charge is 2.16. The molecule has 0 radical (unpaired) electrons. The predicted molar refractivity (Wildman–Crippen MR) is 75.8 cm³/mol. The molecule has 2 rings (SSSR count). The van der Waals surface area contributed by atoms with Gasteiger partial charge in [0.15, 0.2) is 0 Å². The number of benzene rings is 1. The molecule has 20 heavy (non-hydrogen) atoms. The summed E-state index contributed by atoms with van der Waals surface area (Å²) >= 11 is 0. The zero-order valence-electron chi connectivity index (χ0n) is 11.5. The first kappa shape index (κ1) is 14.5. The zero-order chi connectivity index (χ0) is 14.5. The molecular weight excluding hydrogens is 258 g/mol. The summed E-state index contributed by atoms with van der Waals surface area (Å²) < 4.78 is 0. The third kappa shape index (κ3) is 3.54. The van der Waals surface area contributed by atoms with Crippen LogP contribution in [0, 0.1) is 17.0 Å². The lowest BCUT2D eigenvalue weighted by Crippen LogP contribution is -2.30. The molecule has 6 nitrogen and oxygen atoms in total.